The number of alkyl halides is 3. The van der Waals surface area contributed by atoms with Gasteiger partial charge < -0.3 is 20.9 Å². The van der Waals surface area contributed by atoms with Gasteiger partial charge in [-0.3, -0.25) is 14.5 Å². The molecule has 1 saturated heterocycles. The van der Waals surface area contributed by atoms with Crippen molar-refractivity contribution in [1.29, 1.82) is 0 Å². The number of benzene rings is 2. The van der Waals surface area contributed by atoms with Gasteiger partial charge in [-0.15, -0.1) is 0 Å². The van der Waals surface area contributed by atoms with Gasteiger partial charge in [-0.25, -0.2) is 4.98 Å². The summed E-state index contributed by atoms with van der Waals surface area (Å²) in [4.78, 5) is 34.8. The van der Waals surface area contributed by atoms with Crippen molar-refractivity contribution in [3.8, 4) is 0 Å². The molecule has 8 nitrogen and oxygen atoms in total. The molecule has 0 bridgehead atoms. The third-order valence-electron chi connectivity index (χ3n) is 7.36. The number of nitrogens with one attached hydrogen (secondary N) is 3. The Morgan fingerprint density at radius 2 is 1.73 bits per heavy atom. The number of likely N-dealkylation sites (N-methyl/N-ethyl adjacent to an activating group) is 1. The molecule has 2 aliphatic rings. The molecule has 3 N–H and O–H groups in total. The maximum Gasteiger partial charge on any atom is 0.416 e. The number of nitrogens with zero attached hydrogens (tertiary/aromatic N) is 3. The highest BCUT2D eigenvalue weighted by Crippen LogP contribution is 2.35. The van der Waals surface area contributed by atoms with Crippen LogP contribution in [-0.4, -0.2) is 65.4 Å². The van der Waals surface area contributed by atoms with Gasteiger partial charge in [0, 0.05) is 55.7 Å². The maximum atomic E-state index is 14.0. The van der Waals surface area contributed by atoms with Crippen molar-refractivity contribution in [3.63, 3.8) is 0 Å². The molecular formula is C29H33F3N6O2S. The van der Waals surface area contributed by atoms with E-state index >= 15 is 0 Å². The number of piperazine rings is 1. The van der Waals surface area contributed by atoms with Gasteiger partial charge >= 0.3 is 6.18 Å². The molecule has 3 aromatic rings. The number of amides is 2. The minimum atomic E-state index is -4.56. The standard InChI is InChI=1S/C29H33F3N6O2S/c1-3-37-10-12-38(13-11-37)17-20-6-7-22(15-23(20)29(30,31)32)34-26(39)19-5-4-18(2)24(14-19)36-27(40)25-16-33-28(41-25)35-21-8-9-21/h4-7,14-16,21H,3,8-13,17H2,1-2H3,(H,33,35)(H,34,39)(H,36,40). The number of halogens is 3. The monoisotopic (exact) mass is 586 g/mol. The van der Waals surface area contributed by atoms with Crippen LogP contribution in [0.2, 0.25) is 0 Å². The topological polar surface area (TPSA) is 89.6 Å². The van der Waals surface area contributed by atoms with Gasteiger partial charge in [0.2, 0.25) is 0 Å². The Balaban J connectivity index is 1.26. The average Bonchev–Trinajstić information content (AvgIpc) is 3.63. The van der Waals surface area contributed by atoms with Crippen LogP contribution in [0, 0.1) is 6.92 Å². The second-order valence-corrected chi connectivity index (χ2v) is 11.5. The van der Waals surface area contributed by atoms with Crippen LogP contribution in [0.3, 0.4) is 0 Å². The molecule has 1 aliphatic heterocycles. The highest BCUT2D eigenvalue weighted by Gasteiger charge is 2.34. The molecule has 1 aromatic heterocycles. The van der Waals surface area contributed by atoms with Gasteiger partial charge in [-0.2, -0.15) is 13.2 Å². The number of hydrogen-bond donors (Lipinski definition) is 3. The van der Waals surface area contributed by atoms with Crippen LogP contribution >= 0.6 is 11.3 Å². The summed E-state index contributed by atoms with van der Waals surface area (Å²) in [6.45, 7) is 8.05. The highest BCUT2D eigenvalue weighted by molar-refractivity contribution is 7.17. The van der Waals surface area contributed by atoms with Gasteiger partial charge in [0.05, 0.1) is 11.8 Å². The summed E-state index contributed by atoms with van der Waals surface area (Å²) in [6.07, 6.45) is -0.877. The summed E-state index contributed by atoms with van der Waals surface area (Å²) < 4.78 is 42.0. The van der Waals surface area contributed by atoms with E-state index < -0.39 is 17.6 Å². The predicted octanol–water partition coefficient (Wildman–Crippen LogP) is 5.69. The van der Waals surface area contributed by atoms with Crippen LogP contribution in [0.15, 0.2) is 42.6 Å². The predicted molar refractivity (Wildman–Crippen MR) is 155 cm³/mol. The highest BCUT2D eigenvalue weighted by atomic mass is 32.1. The lowest BCUT2D eigenvalue weighted by Gasteiger charge is -2.34. The third kappa shape index (κ3) is 7.43. The van der Waals surface area contributed by atoms with Crippen molar-refractivity contribution in [3.05, 3.63) is 69.7 Å². The number of carbonyl (C=O) groups excluding carboxylic acids is 2. The number of aryl methyl sites for hydroxylation is 1. The summed E-state index contributed by atoms with van der Waals surface area (Å²) in [6, 6.07) is 9.11. The van der Waals surface area contributed by atoms with E-state index in [9.17, 15) is 22.8 Å². The molecule has 218 valence electrons. The van der Waals surface area contributed by atoms with E-state index in [0.717, 1.165) is 44.1 Å². The molecule has 2 amide bonds. The third-order valence-corrected chi connectivity index (χ3v) is 8.29. The average molecular weight is 587 g/mol. The number of thiazole rings is 1. The minimum Gasteiger partial charge on any atom is -0.359 e. The van der Waals surface area contributed by atoms with Crippen molar-refractivity contribution in [2.24, 2.45) is 0 Å². The number of rotatable bonds is 9. The van der Waals surface area contributed by atoms with Crippen molar-refractivity contribution in [2.45, 2.75) is 45.5 Å². The van der Waals surface area contributed by atoms with Crippen molar-refractivity contribution >= 4 is 39.7 Å². The first-order chi connectivity index (χ1) is 19.6. The molecule has 2 aromatic carbocycles. The largest absolute Gasteiger partial charge is 0.416 e. The molecule has 0 radical (unpaired) electrons. The summed E-state index contributed by atoms with van der Waals surface area (Å²) in [7, 11) is 0. The maximum absolute atomic E-state index is 14.0. The molecule has 1 saturated carbocycles. The SMILES string of the molecule is CCN1CCN(Cc2ccc(NC(=O)c3ccc(C)c(NC(=O)c4cnc(NC5CC5)s4)c3)cc2C(F)(F)F)CC1. The number of carbonyl (C=O) groups is 2. The van der Waals surface area contributed by atoms with E-state index in [1.807, 2.05) is 4.90 Å². The van der Waals surface area contributed by atoms with Crippen LogP contribution in [0.5, 0.6) is 0 Å². The second kappa shape index (κ2) is 12.2. The fraction of sp³-hybridized carbons (Fsp3) is 0.414. The molecular weight excluding hydrogens is 553 g/mol. The van der Waals surface area contributed by atoms with E-state index in [1.165, 1.54) is 35.7 Å². The zero-order valence-corrected chi connectivity index (χ0v) is 23.8. The Hall–Kier alpha value is -3.48. The van der Waals surface area contributed by atoms with Gasteiger partial charge in [0.25, 0.3) is 11.8 Å². The van der Waals surface area contributed by atoms with Gasteiger partial charge in [-0.1, -0.05) is 30.4 Å². The van der Waals surface area contributed by atoms with Gasteiger partial charge in [0.1, 0.15) is 4.88 Å². The minimum absolute atomic E-state index is 0.0494. The Bertz CT molecular complexity index is 1410. The molecule has 0 spiro atoms. The van der Waals surface area contributed by atoms with Crippen molar-refractivity contribution in [2.75, 3.05) is 48.7 Å². The smallest absolute Gasteiger partial charge is 0.359 e. The van der Waals surface area contributed by atoms with E-state index in [2.05, 4.69) is 32.8 Å². The Morgan fingerprint density at radius 1 is 1.00 bits per heavy atom. The first kappa shape index (κ1) is 29.0. The van der Waals surface area contributed by atoms with E-state index in [0.29, 0.717) is 34.8 Å². The summed E-state index contributed by atoms with van der Waals surface area (Å²) in [5, 5.41) is 9.34. The molecule has 2 fully saturated rings. The first-order valence-electron chi connectivity index (χ1n) is 13.7. The van der Waals surface area contributed by atoms with Crippen LogP contribution in [0.25, 0.3) is 0 Å². The number of hydrogen-bond acceptors (Lipinski definition) is 7. The van der Waals surface area contributed by atoms with E-state index in [1.54, 1.807) is 19.1 Å². The lowest BCUT2D eigenvalue weighted by atomic mass is 10.0. The van der Waals surface area contributed by atoms with Crippen LogP contribution in [0.4, 0.5) is 29.7 Å². The lowest BCUT2D eigenvalue weighted by molar-refractivity contribution is -0.138. The van der Waals surface area contributed by atoms with E-state index in [-0.39, 0.29) is 29.3 Å². The normalized spacial score (nSPS) is 16.4. The Labute approximate surface area is 240 Å². The number of aromatic nitrogens is 1. The molecule has 12 heteroatoms. The van der Waals surface area contributed by atoms with Crippen LogP contribution in [-0.2, 0) is 12.7 Å². The van der Waals surface area contributed by atoms with Crippen LogP contribution < -0.4 is 16.0 Å². The molecule has 0 unspecified atom stereocenters. The Morgan fingerprint density at radius 3 is 2.41 bits per heavy atom. The fourth-order valence-electron chi connectivity index (χ4n) is 4.69. The molecule has 2 heterocycles. The van der Waals surface area contributed by atoms with Crippen molar-refractivity contribution < 1.29 is 22.8 Å². The summed E-state index contributed by atoms with van der Waals surface area (Å²) in [5.74, 6) is -0.931. The van der Waals surface area contributed by atoms with Gasteiger partial charge in [0.15, 0.2) is 5.13 Å². The Kier molecular flexibility index (Phi) is 8.62. The molecule has 41 heavy (non-hydrogen) atoms. The van der Waals surface area contributed by atoms with Crippen LogP contribution in [0.1, 0.15) is 56.5 Å². The van der Waals surface area contributed by atoms with E-state index in [4.69, 9.17) is 0 Å². The quantitative estimate of drug-likeness (QED) is 0.299. The fourth-order valence-corrected chi connectivity index (χ4v) is 5.48. The first-order valence-corrected chi connectivity index (χ1v) is 14.5. The van der Waals surface area contributed by atoms with Crippen molar-refractivity contribution in [1.82, 2.24) is 14.8 Å². The molecule has 0 atom stereocenters. The summed E-state index contributed by atoms with van der Waals surface area (Å²) in [5.41, 5.74) is 0.845. The zero-order chi connectivity index (χ0) is 29.1. The van der Waals surface area contributed by atoms with Gasteiger partial charge in [-0.05, 0) is 61.7 Å². The number of anilines is 3. The molecule has 1 aliphatic carbocycles. The second-order valence-electron chi connectivity index (χ2n) is 10.5. The molecule has 5 rings (SSSR count). The summed E-state index contributed by atoms with van der Waals surface area (Å²) >= 11 is 1.25. The zero-order valence-electron chi connectivity index (χ0n) is 23.0. The lowest BCUT2D eigenvalue weighted by Crippen LogP contribution is -2.45.